The van der Waals surface area contributed by atoms with E-state index in [-0.39, 0.29) is 30.9 Å². The van der Waals surface area contributed by atoms with Gasteiger partial charge < -0.3 is 20.1 Å². The summed E-state index contributed by atoms with van der Waals surface area (Å²) >= 11 is 13.9. The second kappa shape index (κ2) is 12.5. The van der Waals surface area contributed by atoms with E-state index in [1.54, 1.807) is 24.4 Å². The number of ether oxygens (including phenoxy) is 1. The molecular formula is C32H26Cl2N6O5. The number of nitrogens with zero attached hydrogens (tertiary/aromatic N) is 5. The Bertz CT molecular complexity index is 1960. The standard InChI is InChI=1S/C32H26Cl2N6O5/c1-45-31-18(15-39(32(43)44)16-20-9-11-27(42)36-20)8-10-25(38-31)23-6-2-4-21(28(23)33)22-5-3-7-24(29(22)34)26-12-13-40-30(37-26)19(17-41)14-35-40/h2-8,10,12-14,17,20H,9,11,15-16H2,1H3,(H,36,42)(H,43,44)/t20-/m0/s1. The largest absolute Gasteiger partial charge is 0.481 e. The molecule has 1 aliphatic heterocycles. The highest BCUT2D eigenvalue weighted by atomic mass is 35.5. The summed E-state index contributed by atoms with van der Waals surface area (Å²) in [6.45, 7) is 0.186. The van der Waals surface area contributed by atoms with Crippen molar-refractivity contribution in [2.75, 3.05) is 13.7 Å². The normalized spacial score (nSPS) is 14.4. The molecule has 11 nitrogen and oxygen atoms in total. The first-order valence-corrected chi connectivity index (χ1v) is 14.7. The Morgan fingerprint density at radius 1 is 1.04 bits per heavy atom. The predicted octanol–water partition coefficient (Wildman–Crippen LogP) is 6.01. The molecule has 1 fully saturated rings. The third-order valence-corrected chi connectivity index (χ3v) is 8.47. The van der Waals surface area contributed by atoms with Crippen LogP contribution in [0.25, 0.3) is 39.3 Å². The smallest absolute Gasteiger partial charge is 0.407 e. The summed E-state index contributed by atoms with van der Waals surface area (Å²) in [6, 6.07) is 16.1. The van der Waals surface area contributed by atoms with Gasteiger partial charge in [0.15, 0.2) is 11.9 Å². The fourth-order valence-corrected chi connectivity index (χ4v) is 6.06. The molecule has 0 spiro atoms. The Morgan fingerprint density at radius 3 is 2.31 bits per heavy atom. The van der Waals surface area contributed by atoms with Gasteiger partial charge in [0.2, 0.25) is 11.8 Å². The number of nitrogens with one attached hydrogen (secondary N) is 1. The second-order valence-corrected chi connectivity index (χ2v) is 11.2. The lowest BCUT2D eigenvalue weighted by Crippen LogP contribution is -2.41. The van der Waals surface area contributed by atoms with Crippen LogP contribution < -0.4 is 10.1 Å². The molecule has 0 aliphatic carbocycles. The van der Waals surface area contributed by atoms with Gasteiger partial charge in [0.1, 0.15) is 0 Å². The van der Waals surface area contributed by atoms with Crippen molar-refractivity contribution < 1.29 is 24.2 Å². The van der Waals surface area contributed by atoms with E-state index in [0.717, 1.165) is 0 Å². The van der Waals surface area contributed by atoms with Gasteiger partial charge in [-0.25, -0.2) is 19.3 Å². The van der Waals surface area contributed by atoms with Crippen LogP contribution in [-0.2, 0) is 11.3 Å². The predicted molar refractivity (Wildman–Crippen MR) is 169 cm³/mol. The lowest BCUT2D eigenvalue weighted by Gasteiger charge is -2.23. The molecule has 0 unspecified atom stereocenters. The fourth-order valence-electron chi connectivity index (χ4n) is 5.41. The number of hydrogen-bond donors (Lipinski definition) is 2. The van der Waals surface area contributed by atoms with Crippen LogP contribution in [0, 0.1) is 0 Å². The average Bonchev–Trinajstić information content (AvgIpc) is 3.66. The topological polar surface area (TPSA) is 139 Å². The van der Waals surface area contributed by atoms with Crippen LogP contribution in [0.3, 0.4) is 0 Å². The minimum atomic E-state index is -1.11. The molecule has 0 radical (unpaired) electrons. The molecule has 1 atom stereocenters. The Kier molecular flexibility index (Phi) is 8.38. The van der Waals surface area contributed by atoms with Crippen LogP contribution in [0.1, 0.15) is 28.8 Å². The number of rotatable bonds is 9. The minimum absolute atomic E-state index is 0.0296. The number of pyridine rings is 1. The van der Waals surface area contributed by atoms with E-state index in [1.807, 2.05) is 36.4 Å². The van der Waals surface area contributed by atoms with Gasteiger partial charge in [0.05, 0.1) is 46.8 Å². The Morgan fingerprint density at radius 2 is 1.71 bits per heavy atom. The molecule has 13 heteroatoms. The van der Waals surface area contributed by atoms with Crippen molar-refractivity contribution in [3.05, 3.63) is 88.2 Å². The van der Waals surface area contributed by atoms with Crippen LogP contribution in [0.2, 0.25) is 10.0 Å². The van der Waals surface area contributed by atoms with Crippen molar-refractivity contribution in [2.45, 2.75) is 25.4 Å². The van der Waals surface area contributed by atoms with Gasteiger partial charge >= 0.3 is 6.09 Å². The van der Waals surface area contributed by atoms with Gasteiger partial charge in [-0.3, -0.25) is 9.59 Å². The quantitative estimate of drug-likeness (QED) is 0.186. The molecule has 45 heavy (non-hydrogen) atoms. The van der Waals surface area contributed by atoms with E-state index < -0.39 is 6.09 Å². The molecule has 0 bridgehead atoms. The van der Waals surface area contributed by atoms with Crippen LogP contribution in [0.4, 0.5) is 4.79 Å². The van der Waals surface area contributed by atoms with Crippen molar-refractivity contribution in [3.8, 4) is 39.5 Å². The maximum Gasteiger partial charge on any atom is 0.407 e. The van der Waals surface area contributed by atoms with E-state index in [1.165, 1.54) is 22.7 Å². The van der Waals surface area contributed by atoms with Crippen molar-refractivity contribution in [3.63, 3.8) is 0 Å². The number of amides is 2. The van der Waals surface area contributed by atoms with Crippen molar-refractivity contribution in [1.29, 1.82) is 0 Å². The van der Waals surface area contributed by atoms with Crippen LogP contribution in [0.5, 0.6) is 5.88 Å². The summed E-state index contributed by atoms with van der Waals surface area (Å²) in [5.74, 6) is 0.175. The zero-order valence-electron chi connectivity index (χ0n) is 23.9. The van der Waals surface area contributed by atoms with E-state index >= 15 is 0 Å². The molecule has 228 valence electrons. The SMILES string of the molecule is COc1nc(-c2cccc(-c3cccc(-c4ccn5ncc(C=O)c5n4)c3Cl)c2Cl)ccc1CN(C[C@@H]1CCC(=O)N1)C(=O)O. The molecule has 1 saturated heterocycles. The van der Waals surface area contributed by atoms with Crippen LogP contribution in [-0.4, -0.2) is 67.6 Å². The monoisotopic (exact) mass is 644 g/mol. The summed E-state index contributed by atoms with van der Waals surface area (Å²) < 4.78 is 7.08. The average molecular weight is 646 g/mol. The van der Waals surface area contributed by atoms with Gasteiger partial charge in [-0.15, -0.1) is 0 Å². The summed E-state index contributed by atoms with van der Waals surface area (Å²) in [6.07, 6.45) is 3.73. The third kappa shape index (κ3) is 5.92. The molecule has 0 saturated carbocycles. The van der Waals surface area contributed by atoms with Gasteiger partial charge in [-0.1, -0.05) is 59.6 Å². The Labute approximate surface area is 267 Å². The highest BCUT2D eigenvalue weighted by Crippen LogP contribution is 2.42. The number of aromatic nitrogens is 4. The fraction of sp³-hybridized carbons (Fsp3) is 0.188. The van der Waals surface area contributed by atoms with E-state index in [0.29, 0.717) is 79.6 Å². The van der Waals surface area contributed by atoms with Crippen LogP contribution >= 0.6 is 23.2 Å². The number of carbonyl (C=O) groups is 3. The molecule has 2 aromatic carbocycles. The first-order valence-electron chi connectivity index (χ1n) is 14.0. The molecule has 3 aromatic heterocycles. The third-order valence-electron chi connectivity index (χ3n) is 7.65. The van der Waals surface area contributed by atoms with Crippen LogP contribution in [0.15, 0.2) is 67.0 Å². The number of halogens is 2. The number of carbonyl (C=O) groups excluding carboxylic acids is 2. The minimum Gasteiger partial charge on any atom is -0.481 e. The molecule has 5 aromatic rings. The summed E-state index contributed by atoms with van der Waals surface area (Å²) in [5.41, 5.74) is 5.06. The molecule has 1 aliphatic rings. The Balaban J connectivity index is 1.32. The molecular weight excluding hydrogens is 619 g/mol. The maximum absolute atomic E-state index is 12.0. The van der Waals surface area contributed by atoms with Gasteiger partial charge in [-0.2, -0.15) is 5.10 Å². The van der Waals surface area contributed by atoms with Crippen molar-refractivity contribution in [2.24, 2.45) is 0 Å². The number of hydrogen-bond acceptors (Lipinski definition) is 7. The summed E-state index contributed by atoms with van der Waals surface area (Å²) in [4.78, 5) is 45.5. The second-order valence-electron chi connectivity index (χ2n) is 10.5. The highest BCUT2D eigenvalue weighted by Gasteiger charge is 2.26. The molecule has 2 amide bonds. The van der Waals surface area contributed by atoms with Crippen molar-refractivity contribution in [1.82, 2.24) is 29.8 Å². The molecule has 2 N–H and O–H groups in total. The van der Waals surface area contributed by atoms with Gasteiger partial charge in [-0.05, 0) is 24.6 Å². The number of aldehydes is 1. The number of methoxy groups -OCH3 is 1. The lowest BCUT2D eigenvalue weighted by atomic mass is 9.98. The van der Waals surface area contributed by atoms with E-state index in [2.05, 4.69) is 20.4 Å². The number of benzene rings is 2. The molecule has 6 rings (SSSR count). The summed E-state index contributed by atoms with van der Waals surface area (Å²) in [7, 11) is 1.47. The highest BCUT2D eigenvalue weighted by molar-refractivity contribution is 6.39. The van der Waals surface area contributed by atoms with E-state index in [9.17, 15) is 19.5 Å². The first kappa shape index (κ1) is 30.0. The molecule has 4 heterocycles. The van der Waals surface area contributed by atoms with Gasteiger partial charge in [0.25, 0.3) is 0 Å². The van der Waals surface area contributed by atoms with Crippen molar-refractivity contribution >= 4 is 47.1 Å². The maximum atomic E-state index is 12.0. The first-order chi connectivity index (χ1) is 21.8. The Hall–Kier alpha value is -5.00. The van der Waals surface area contributed by atoms with Gasteiger partial charge in [0, 0.05) is 53.0 Å². The number of fused-ring (bicyclic) bond motifs is 1. The number of carboxylic acid groups (broad SMARTS) is 1. The summed E-state index contributed by atoms with van der Waals surface area (Å²) in [5, 5.41) is 17.6. The zero-order chi connectivity index (χ0) is 31.7. The lowest BCUT2D eigenvalue weighted by molar-refractivity contribution is -0.119. The van der Waals surface area contributed by atoms with E-state index in [4.69, 9.17) is 27.9 Å². The zero-order valence-corrected chi connectivity index (χ0v) is 25.4.